The molecule has 1 aromatic carbocycles. The zero-order valence-corrected chi connectivity index (χ0v) is 14.2. The van der Waals surface area contributed by atoms with Crippen molar-refractivity contribution in [2.75, 3.05) is 13.1 Å². The smallest absolute Gasteiger partial charge is 0.240 e. The SMILES string of the molecule is CCCC.Cc1ccc(S(=O)(=O)N[C@@H]2CCCNC2)cc1. The van der Waals surface area contributed by atoms with Crippen molar-refractivity contribution in [2.24, 2.45) is 0 Å². The van der Waals surface area contributed by atoms with Gasteiger partial charge < -0.3 is 5.32 Å². The Morgan fingerprint density at radius 1 is 1.19 bits per heavy atom. The molecule has 0 saturated carbocycles. The summed E-state index contributed by atoms with van der Waals surface area (Å²) in [6, 6.07) is 6.93. The summed E-state index contributed by atoms with van der Waals surface area (Å²) in [7, 11) is -3.37. The van der Waals surface area contributed by atoms with Crippen molar-refractivity contribution in [1.82, 2.24) is 10.0 Å². The Kier molecular flexibility index (Phi) is 7.93. The van der Waals surface area contributed by atoms with E-state index in [2.05, 4.69) is 23.9 Å². The Hall–Kier alpha value is -0.910. The molecule has 1 saturated heterocycles. The first kappa shape index (κ1) is 18.1. The van der Waals surface area contributed by atoms with Gasteiger partial charge >= 0.3 is 0 Å². The Bertz CT molecular complexity index is 490. The molecule has 2 N–H and O–H groups in total. The summed E-state index contributed by atoms with van der Waals surface area (Å²) in [6.07, 6.45) is 4.55. The highest BCUT2D eigenvalue weighted by atomic mass is 32.2. The summed E-state index contributed by atoms with van der Waals surface area (Å²) >= 11 is 0. The van der Waals surface area contributed by atoms with E-state index in [9.17, 15) is 8.42 Å². The minimum atomic E-state index is -3.37. The average Bonchev–Trinajstić information content (AvgIpc) is 2.48. The van der Waals surface area contributed by atoms with Crippen LogP contribution in [0.3, 0.4) is 0 Å². The van der Waals surface area contributed by atoms with Gasteiger partial charge in [0.2, 0.25) is 10.0 Å². The normalized spacial score (nSPS) is 18.7. The van der Waals surface area contributed by atoms with Gasteiger partial charge in [-0.1, -0.05) is 44.4 Å². The van der Waals surface area contributed by atoms with E-state index in [-0.39, 0.29) is 6.04 Å². The largest absolute Gasteiger partial charge is 0.315 e. The maximum absolute atomic E-state index is 12.1. The van der Waals surface area contributed by atoms with E-state index in [1.165, 1.54) is 12.8 Å². The molecule has 21 heavy (non-hydrogen) atoms. The first-order valence-corrected chi connectivity index (χ1v) is 9.27. The summed E-state index contributed by atoms with van der Waals surface area (Å²) in [5.74, 6) is 0. The first-order chi connectivity index (χ1) is 9.99. The Morgan fingerprint density at radius 3 is 2.29 bits per heavy atom. The van der Waals surface area contributed by atoms with Crippen LogP contribution in [-0.4, -0.2) is 27.5 Å². The van der Waals surface area contributed by atoms with Crippen molar-refractivity contribution >= 4 is 10.0 Å². The second-order valence-corrected chi connectivity index (χ2v) is 7.19. The van der Waals surface area contributed by atoms with Crippen LogP contribution in [-0.2, 0) is 10.0 Å². The molecule has 0 radical (unpaired) electrons. The van der Waals surface area contributed by atoms with Crippen LogP contribution in [0.4, 0.5) is 0 Å². The van der Waals surface area contributed by atoms with Crippen molar-refractivity contribution in [3.63, 3.8) is 0 Å². The number of benzene rings is 1. The molecule has 0 amide bonds. The topological polar surface area (TPSA) is 58.2 Å². The molecule has 1 atom stereocenters. The predicted octanol–water partition coefficient (Wildman–Crippen LogP) is 2.83. The van der Waals surface area contributed by atoms with E-state index in [0.717, 1.165) is 24.9 Å². The van der Waals surface area contributed by atoms with Crippen LogP contribution in [0.5, 0.6) is 0 Å². The van der Waals surface area contributed by atoms with Gasteiger partial charge in [0, 0.05) is 12.6 Å². The molecule has 120 valence electrons. The van der Waals surface area contributed by atoms with E-state index in [4.69, 9.17) is 0 Å². The molecule has 0 bridgehead atoms. The molecule has 0 aromatic heterocycles. The van der Waals surface area contributed by atoms with Gasteiger partial charge in [0.1, 0.15) is 0 Å². The number of sulfonamides is 1. The van der Waals surface area contributed by atoms with Crippen LogP contribution in [0.15, 0.2) is 29.2 Å². The summed E-state index contributed by atoms with van der Waals surface area (Å²) < 4.78 is 26.9. The van der Waals surface area contributed by atoms with E-state index < -0.39 is 10.0 Å². The number of nitrogens with one attached hydrogen (secondary N) is 2. The van der Waals surface area contributed by atoms with Crippen molar-refractivity contribution in [2.45, 2.75) is 57.4 Å². The average molecular weight is 312 g/mol. The highest BCUT2D eigenvalue weighted by molar-refractivity contribution is 7.89. The van der Waals surface area contributed by atoms with Gasteiger partial charge in [-0.15, -0.1) is 0 Å². The molecule has 5 heteroatoms. The lowest BCUT2D eigenvalue weighted by molar-refractivity contribution is 0.428. The van der Waals surface area contributed by atoms with E-state index in [1.54, 1.807) is 12.1 Å². The third kappa shape index (κ3) is 6.59. The predicted molar refractivity (Wildman–Crippen MR) is 88.0 cm³/mol. The third-order valence-corrected chi connectivity index (χ3v) is 4.99. The second-order valence-electron chi connectivity index (χ2n) is 5.48. The Balaban J connectivity index is 0.000000491. The zero-order valence-electron chi connectivity index (χ0n) is 13.4. The van der Waals surface area contributed by atoms with Crippen molar-refractivity contribution < 1.29 is 8.42 Å². The van der Waals surface area contributed by atoms with Crippen LogP contribution in [0, 0.1) is 6.92 Å². The van der Waals surface area contributed by atoms with Crippen molar-refractivity contribution in [3.05, 3.63) is 29.8 Å². The van der Waals surface area contributed by atoms with Crippen LogP contribution >= 0.6 is 0 Å². The first-order valence-electron chi connectivity index (χ1n) is 7.79. The standard InChI is InChI=1S/C12H18N2O2S.C4H10/c1-10-4-6-12(7-5-10)17(15,16)14-11-3-2-8-13-9-11;1-3-4-2/h4-7,11,13-14H,2-3,8-9H2,1H3;3-4H2,1-2H3/t11-;/m1./s1. The molecule has 2 rings (SSSR count). The van der Waals surface area contributed by atoms with Gasteiger partial charge in [0.05, 0.1) is 4.90 Å². The fourth-order valence-electron chi connectivity index (χ4n) is 1.96. The van der Waals surface area contributed by atoms with Crippen molar-refractivity contribution in [1.29, 1.82) is 0 Å². The molecule has 0 unspecified atom stereocenters. The van der Waals surface area contributed by atoms with Gasteiger partial charge in [0.25, 0.3) is 0 Å². The van der Waals surface area contributed by atoms with Gasteiger partial charge in [-0.2, -0.15) is 0 Å². The lowest BCUT2D eigenvalue weighted by atomic mass is 10.1. The molecule has 1 aliphatic heterocycles. The summed E-state index contributed by atoms with van der Waals surface area (Å²) in [4.78, 5) is 0.341. The molecular weight excluding hydrogens is 284 g/mol. The highest BCUT2D eigenvalue weighted by Gasteiger charge is 2.21. The summed E-state index contributed by atoms with van der Waals surface area (Å²) in [5, 5.41) is 3.19. The summed E-state index contributed by atoms with van der Waals surface area (Å²) in [6.45, 7) is 7.99. The number of piperidine rings is 1. The lowest BCUT2D eigenvalue weighted by Crippen LogP contribution is -2.45. The van der Waals surface area contributed by atoms with Gasteiger partial charge in [-0.25, -0.2) is 13.1 Å². The number of unbranched alkanes of at least 4 members (excludes halogenated alkanes) is 1. The quantitative estimate of drug-likeness (QED) is 0.899. The maximum Gasteiger partial charge on any atom is 0.240 e. The van der Waals surface area contributed by atoms with E-state index in [1.807, 2.05) is 19.1 Å². The number of aryl methyl sites for hydroxylation is 1. The van der Waals surface area contributed by atoms with Crippen LogP contribution in [0.1, 0.15) is 45.1 Å². The minimum Gasteiger partial charge on any atom is -0.315 e. The number of hydrogen-bond donors (Lipinski definition) is 2. The molecule has 0 aliphatic carbocycles. The van der Waals surface area contributed by atoms with Gasteiger partial charge in [-0.3, -0.25) is 0 Å². The Labute approximate surface area is 129 Å². The molecule has 0 spiro atoms. The molecule has 1 aromatic rings. The molecule has 1 fully saturated rings. The zero-order chi connectivity index (χ0) is 15.7. The number of rotatable bonds is 4. The maximum atomic E-state index is 12.1. The second kappa shape index (κ2) is 9.18. The third-order valence-electron chi connectivity index (χ3n) is 3.45. The lowest BCUT2D eigenvalue weighted by Gasteiger charge is -2.23. The minimum absolute atomic E-state index is 0.00931. The highest BCUT2D eigenvalue weighted by Crippen LogP contribution is 2.12. The van der Waals surface area contributed by atoms with Gasteiger partial charge in [0.15, 0.2) is 0 Å². The number of hydrogen-bond acceptors (Lipinski definition) is 3. The van der Waals surface area contributed by atoms with E-state index >= 15 is 0 Å². The molecule has 1 heterocycles. The fourth-order valence-corrected chi connectivity index (χ4v) is 3.23. The molecule has 4 nitrogen and oxygen atoms in total. The molecular formula is C16H28N2O2S. The van der Waals surface area contributed by atoms with Gasteiger partial charge in [-0.05, 0) is 38.4 Å². The monoisotopic (exact) mass is 312 g/mol. The Morgan fingerprint density at radius 2 is 1.81 bits per heavy atom. The van der Waals surface area contributed by atoms with Crippen LogP contribution in [0.25, 0.3) is 0 Å². The summed E-state index contributed by atoms with van der Waals surface area (Å²) in [5.41, 5.74) is 1.06. The van der Waals surface area contributed by atoms with Crippen LogP contribution < -0.4 is 10.0 Å². The molecule has 1 aliphatic rings. The van der Waals surface area contributed by atoms with Crippen LogP contribution in [0.2, 0.25) is 0 Å². The van der Waals surface area contributed by atoms with Crippen molar-refractivity contribution in [3.8, 4) is 0 Å². The fraction of sp³-hybridized carbons (Fsp3) is 0.625. The van der Waals surface area contributed by atoms with E-state index in [0.29, 0.717) is 11.4 Å².